The molecule has 2 saturated heterocycles. The van der Waals surface area contributed by atoms with E-state index in [9.17, 15) is 10.1 Å². The highest BCUT2D eigenvalue weighted by atomic mass is 16.2. The van der Waals surface area contributed by atoms with Crippen molar-refractivity contribution >= 4 is 5.91 Å². The van der Waals surface area contributed by atoms with Crippen molar-refractivity contribution in [2.45, 2.75) is 56.5 Å². The van der Waals surface area contributed by atoms with Gasteiger partial charge in [0.2, 0.25) is 5.91 Å². The maximum atomic E-state index is 13.6. The summed E-state index contributed by atoms with van der Waals surface area (Å²) in [5, 5.41) is 12.7. The lowest BCUT2D eigenvalue weighted by molar-refractivity contribution is -0.137. The van der Waals surface area contributed by atoms with E-state index in [0.717, 1.165) is 63.6 Å². The van der Waals surface area contributed by atoms with Crippen LogP contribution in [-0.4, -0.2) is 60.0 Å². The summed E-state index contributed by atoms with van der Waals surface area (Å²) in [6, 6.07) is 10.7. The first-order valence-electron chi connectivity index (χ1n) is 10.5. The number of benzene rings is 1. The number of carbonyl (C=O) groups is 1. The number of amides is 1. The van der Waals surface area contributed by atoms with Crippen LogP contribution in [0.25, 0.3) is 0 Å². The minimum Gasteiger partial charge on any atom is -0.340 e. The van der Waals surface area contributed by atoms with Crippen LogP contribution in [0.1, 0.15) is 49.7 Å². The third-order valence-electron chi connectivity index (χ3n) is 6.62. The maximum absolute atomic E-state index is 13.6. The Labute approximate surface area is 162 Å². The molecule has 5 nitrogen and oxygen atoms in total. The number of nitrogens with one attached hydrogen (secondary N) is 1. The topological polar surface area (TPSA) is 59.4 Å². The van der Waals surface area contributed by atoms with E-state index < -0.39 is 5.54 Å². The third-order valence-corrected chi connectivity index (χ3v) is 6.62. The van der Waals surface area contributed by atoms with Crippen molar-refractivity contribution in [3.63, 3.8) is 0 Å². The molecule has 0 aromatic heterocycles. The molecule has 3 fully saturated rings. The minimum absolute atomic E-state index is 0.262. The molecular formula is C22H30N4O. The Morgan fingerprint density at radius 2 is 2.07 bits per heavy atom. The molecule has 1 atom stereocenters. The molecule has 27 heavy (non-hydrogen) atoms. The molecule has 3 aliphatic rings. The van der Waals surface area contributed by atoms with Gasteiger partial charge < -0.3 is 10.2 Å². The van der Waals surface area contributed by atoms with Crippen LogP contribution in [0.15, 0.2) is 24.3 Å². The number of nitrogens with zero attached hydrogens (tertiary/aromatic N) is 3. The van der Waals surface area contributed by atoms with Crippen LogP contribution in [0.4, 0.5) is 0 Å². The average Bonchev–Trinajstić information content (AvgIpc) is 2.99. The molecule has 0 spiro atoms. The van der Waals surface area contributed by atoms with E-state index in [2.05, 4.69) is 21.2 Å². The predicted molar refractivity (Wildman–Crippen MR) is 105 cm³/mol. The Morgan fingerprint density at radius 1 is 1.19 bits per heavy atom. The Bertz CT molecular complexity index is 715. The number of hydrogen-bond donors (Lipinski definition) is 1. The van der Waals surface area contributed by atoms with E-state index in [1.54, 1.807) is 0 Å². The zero-order valence-electron chi connectivity index (χ0n) is 16.1. The van der Waals surface area contributed by atoms with Crippen molar-refractivity contribution < 1.29 is 4.79 Å². The maximum Gasteiger partial charge on any atom is 0.243 e. The molecule has 1 aliphatic carbocycles. The summed E-state index contributed by atoms with van der Waals surface area (Å²) < 4.78 is 0. The van der Waals surface area contributed by atoms with Crippen LogP contribution < -0.4 is 5.32 Å². The van der Waals surface area contributed by atoms with Crippen molar-refractivity contribution in [1.29, 1.82) is 5.26 Å². The van der Waals surface area contributed by atoms with Crippen molar-refractivity contribution in [1.82, 2.24) is 15.1 Å². The fourth-order valence-corrected chi connectivity index (χ4v) is 4.87. The minimum atomic E-state index is -0.500. The number of hydrogen-bond acceptors (Lipinski definition) is 4. The van der Waals surface area contributed by atoms with E-state index in [0.29, 0.717) is 12.0 Å². The van der Waals surface area contributed by atoms with Gasteiger partial charge in [-0.1, -0.05) is 18.6 Å². The van der Waals surface area contributed by atoms with E-state index in [4.69, 9.17) is 0 Å². The van der Waals surface area contributed by atoms with E-state index in [1.807, 2.05) is 24.3 Å². The average molecular weight is 367 g/mol. The van der Waals surface area contributed by atoms with Crippen LogP contribution in [0.3, 0.4) is 0 Å². The molecule has 1 saturated carbocycles. The fraction of sp³-hybridized carbons (Fsp3) is 0.636. The molecule has 1 N–H and O–H groups in total. The van der Waals surface area contributed by atoms with Crippen molar-refractivity contribution in [3.8, 4) is 6.07 Å². The smallest absolute Gasteiger partial charge is 0.243 e. The largest absolute Gasteiger partial charge is 0.340 e. The van der Waals surface area contributed by atoms with Crippen molar-refractivity contribution in [2.24, 2.45) is 0 Å². The van der Waals surface area contributed by atoms with Gasteiger partial charge in [0.15, 0.2) is 0 Å². The van der Waals surface area contributed by atoms with Crippen LogP contribution in [0.2, 0.25) is 0 Å². The SMILES string of the molecule is N#Cc1cccc(CC2(C(=O)N3CCCN(C4CCC4)CC3)CCCN2)c1. The normalized spacial score (nSPS) is 27.0. The standard InChI is InChI=1S/C22H30N4O/c23-17-19-6-1-5-18(15-19)16-22(9-3-10-24-22)21(27)26-12-4-11-25(13-14-26)20-7-2-8-20/h1,5-6,15,20,24H,2-4,7-14,16H2. The molecule has 1 amide bonds. The summed E-state index contributed by atoms with van der Waals surface area (Å²) in [4.78, 5) is 18.3. The van der Waals surface area contributed by atoms with Gasteiger partial charge in [-0.3, -0.25) is 9.69 Å². The van der Waals surface area contributed by atoms with Gasteiger partial charge in [-0.25, -0.2) is 0 Å². The van der Waals surface area contributed by atoms with Crippen molar-refractivity contribution in [3.05, 3.63) is 35.4 Å². The van der Waals surface area contributed by atoms with Gasteiger partial charge in [0.25, 0.3) is 0 Å². The highest BCUT2D eigenvalue weighted by Crippen LogP contribution is 2.29. The second-order valence-corrected chi connectivity index (χ2v) is 8.37. The zero-order chi connectivity index (χ0) is 18.7. The molecule has 0 radical (unpaired) electrons. The van der Waals surface area contributed by atoms with E-state index in [-0.39, 0.29) is 5.91 Å². The van der Waals surface area contributed by atoms with Gasteiger partial charge in [-0.15, -0.1) is 0 Å². The van der Waals surface area contributed by atoms with Gasteiger partial charge in [-0.05, 0) is 62.8 Å². The molecule has 1 aromatic carbocycles. The number of nitriles is 1. The molecule has 5 heteroatoms. The Kier molecular flexibility index (Phi) is 5.47. The summed E-state index contributed by atoms with van der Waals surface area (Å²) in [7, 11) is 0. The molecule has 0 bridgehead atoms. The molecule has 1 unspecified atom stereocenters. The lowest BCUT2D eigenvalue weighted by Gasteiger charge is -2.37. The molecule has 2 aliphatic heterocycles. The van der Waals surface area contributed by atoms with E-state index >= 15 is 0 Å². The quantitative estimate of drug-likeness (QED) is 0.888. The van der Waals surface area contributed by atoms with Crippen LogP contribution >= 0.6 is 0 Å². The van der Waals surface area contributed by atoms with E-state index in [1.165, 1.54) is 19.3 Å². The van der Waals surface area contributed by atoms with Gasteiger partial charge in [0.1, 0.15) is 5.54 Å². The summed E-state index contributed by atoms with van der Waals surface area (Å²) in [6.45, 7) is 4.74. The second kappa shape index (κ2) is 8.00. The van der Waals surface area contributed by atoms with Gasteiger partial charge in [0.05, 0.1) is 11.6 Å². The highest BCUT2D eigenvalue weighted by Gasteiger charge is 2.43. The summed E-state index contributed by atoms with van der Waals surface area (Å²) >= 11 is 0. The lowest BCUT2D eigenvalue weighted by Crippen LogP contribution is -2.57. The molecule has 1 aromatic rings. The summed E-state index contributed by atoms with van der Waals surface area (Å²) in [5.74, 6) is 0.262. The van der Waals surface area contributed by atoms with Crippen LogP contribution in [0.5, 0.6) is 0 Å². The Balaban J connectivity index is 1.47. The van der Waals surface area contributed by atoms with Crippen LogP contribution in [0, 0.1) is 11.3 Å². The summed E-state index contributed by atoms with van der Waals surface area (Å²) in [6.07, 6.45) is 7.67. The lowest BCUT2D eigenvalue weighted by atomic mass is 9.87. The van der Waals surface area contributed by atoms with Gasteiger partial charge in [-0.2, -0.15) is 5.26 Å². The predicted octanol–water partition coefficient (Wildman–Crippen LogP) is 2.31. The number of rotatable bonds is 4. The zero-order valence-corrected chi connectivity index (χ0v) is 16.1. The molecule has 2 heterocycles. The van der Waals surface area contributed by atoms with Gasteiger partial charge >= 0.3 is 0 Å². The van der Waals surface area contributed by atoms with Crippen LogP contribution in [-0.2, 0) is 11.2 Å². The summed E-state index contributed by atoms with van der Waals surface area (Å²) in [5.41, 5.74) is 1.24. The Morgan fingerprint density at radius 3 is 2.78 bits per heavy atom. The first-order chi connectivity index (χ1) is 13.2. The number of carbonyl (C=O) groups excluding carboxylic acids is 1. The Hall–Kier alpha value is -1.90. The first kappa shape index (κ1) is 18.5. The van der Waals surface area contributed by atoms with Gasteiger partial charge in [0, 0.05) is 32.2 Å². The highest BCUT2D eigenvalue weighted by molar-refractivity contribution is 5.87. The third kappa shape index (κ3) is 3.88. The second-order valence-electron chi connectivity index (χ2n) is 8.37. The van der Waals surface area contributed by atoms with Crippen molar-refractivity contribution in [2.75, 3.05) is 32.7 Å². The molecule has 144 valence electrons. The molecular weight excluding hydrogens is 336 g/mol. The monoisotopic (exact) mass is 366 g/mol. The molecule has 4 rings (SSSR count). The fourth-order valence-electron chi connectivity index (χ4n) is 4.87. The first-order valence-corrected chi connectivity index (χ1v) is 10.5.